The second-order valence-electron chi connectivity index (χ2n) is 10.9. The predicted octanol–water partition coefficient (Wildman–Crippen LogP) is 3.02. The van der Waals surface area contributed by atoms with Crippen LogP contribution in [-0.4, -0.2) is 49.9 Å². The molecule has 0 heterocycles. The molecule has 0 radical (unpaired) electrons. The first-order chi connectivity index (χ1) is 20.1. The Bertz CT molecular complexity index is 1380. The zero-order chi connectivity index (χ0) is 31.9. The quantitative estimate of drug-likeness (QED) is 0.159. The van der Waals surface area contributed by atoms with Crippen molar-refractivity contribution in [2.75, 3.05) is 6.61 Å². The molecule has 0 bridgehead atoms. The van der Waals surface area contributed by atoms with Gasteiger partial charge in [-0.15, -0.1) is 0 Å². The van der Waals surface area contributed by atoms with Crippen molar-refractivity contribution in [3.63, 3.8) is 0 Å². The molecule has 15 heteroatoms. The van der Waals surface area contributed by atoms with Gasteiger partial charge in [0, 0.05) is 13.3 Å². The number of carbonyl (C=O) groups excluding carboxylic acids is 3. The van der Waals surface area contributed by atoms with Crippen LogP contribution in [0.1, 0.15) is 84.4 Å². The third kappa shape index (κ3) is 9.99. The van der Waals surface area contributed by atoms with Crippen molar-refractivity contribution < 1.29 is 47.8 Å². The topological polar surface area (TPSA) is 226 Å². The average molecular weight is 640 g/mol. The molecule has 13 nitrogen and oxygen atoms in total. The van der Waals surface area contributed by atoms with Crippen molar-refractivity contribution in [2.45, 2.75) is 69.9 Å². The van der Waals surface area contributed by atoms with E-state index in [1.54, 1.807) is 25.1 Å². The fraction of sp³-hybridized carbons (Fsp3) is 0.464. The number of hydrogen-bond acceptors (Lipinski definition) is 6. The fourth-order valence-electron chi connectivity index (χ4n) is 5.19. The molecule has 0 aliphatic heterocycles. The van der Waals surface area contributed by atoms with Crippen LogP contribution in [0.5, 0.6) is 5.75 Å². The molecule has 2 aromatic rings. The van der Waals surface area contributed by atoms with Gasteiger partial charge in [0.1, 0.15) is 11.8 Å². The summed E-state index contributed by atoms with van der Waals surface area (Å²) in [6.07, 6.45) is 5.66. The zero-order valence-corrected chi connectivity index (χ0v) is 25.8. The monoisotopic (exact) mass is 639 g/mol. The van der Waals surface area contributed by atoms with Crippen molar-refractivity contribution in [1.29, 1.82) is 0 Å². The number of rotatable bonds is 13. The maximum atomic E-state index is 13.2. The smallest absolute Gasteiger partial charge is 0.345 e. The summed E-state index contributed by atoms with van der Waals surface area (Å²) >= 11 is 0. The van der Waals surface area contributed by atoms with Gasteiger partial charge in [-0.1, -0.05) is 49.6 Å². The number of hydrogen-bond donors (Lipinski definition) is 7. The summed E-state index contributed by atoms with van der Waals surface area (Å²) in [5, 5.41) is 3.05. The summed E-state index contributed by atoms with van der Waals surface area (Å²) in [7, 11) is -10.4. The summed E-state index contributed by atoms with van der Waals surface area (Å²) < 4.78 is 29.4. The minimum atomic E-state index is -5.19. The van der Waals surface area contributed by atoms with Crippen LogP contribution < -0.4 is 21.1 Å². The number of nitrogens with one attached hydrogen (secondary N) is 2. The normalized spacial score (nSPS) is 15.9. The number of nitrogens with two attached hydrogens (primary N) is 1. The molecule has 1 saturated carbocycles. The zero-order valence-electron chi connectivity index (χ0n) is 24.0. The van der Waals surface area contributed by atoms with E-state index >= 15 is 0 Å². The maximum absolute atomic E-state index is 13.2. The summed E-state index contributed by atoms with van der Waals surface area (Å²) in [5.74, 6) is -0.901. The van der Waals surface area contributed by atoms with E-state index < -0.39 is 50.4 Å². The summed E-state index contributed by atoms with van der Waals surface area (Å²) in [6.45, 7) is 3.43. The number of amides is 3. The Hall–Kier alpha value is -3.05. The molecule has 0 unspecified atom stereocenters. The molecule has 3 rings (SSSR count). The lowest BCUT2D eigenvalue weighted by atomic mass is 9.90. The highest BCUT2D eigenvalue weighted by molar-refractivity contribution is 7.70. The SMILES string of the molecule is CC(=O)N[C@@H](Cc1ccc(C(P(=O)(O)O)P(=O)(O)O)cc1)C(=O)N[C@@H](C)c1ccc(OCC2CCCCC2)c(C(N)=O)c1. The highest BCUT2D eigenvalue weighted by atomic mass is 31.2. The van der Waals surface area contributed by atoms with Gasteiger partial charge in [-0.25, -0.2) is 0 Å². The Morgan fingerprint density at radius 3 is 2.05 bits per heavy atom. The van der Waals surface area contributed by atoms with Crippen LogP contribution >= 0.6 is 15.2 Å². The van der Waals surface area contributed by atoms with Crippen LogP contribution in [0.2, 0.25) is 0 Å². The molecule has 0 spiro atoms. The Morgan fingerprint density at radius 1 is 0.930 bits per heavy atom. The van der Waals surface area contributed by atoms with Crippen LogP contribution in [0.15, 0.2) is 42.5 Å². The maximum Gasteiger partial charge on any atom is 0.345 e. The molecule has 1 fully saturated rings. The molecule has 0 saturated heterocycles. The van der Waals surface area contributed by atoms with E-state index in [1.165, 1.54) is 25.5 Å². The summed E-state index contributed by atoms with van der Waals surface area (Å²) in [5.41, 5.74) is 6.58. The fourth-order valence-corrected chi connectivity index (χ4v) is 7.88. The van der Waals surface area contributed by atoms with Gasteiger partial charge in [0.05, 0.1) is 18.2 Å². The van der Waals surface area contributed by atoms with Gasteiger partial charge < -0.3 is 40.7 Å². The average Bonchev–Trinajstić information content (AvgIpc) is 2.91. The van der Waals surface area contributed by atoms with Gasteiger partial charge in [0.2, 0.25) is 11.8 Å². The largest absolute Gasteiger partial charge is 0.492 e. The molecule has 0 aromatic heterocycles. The van der Waals surface area contributed by atoms with Crippen LogP contribution in [0.25, 0.3) is 0 Å². The lowest BCUT2D eigenvalue weighted by Gasteiger charge is -2.24. The van der Waals surface area contributed by atoms with Crippen LogP contribution in [0.3, 0.4) is 0 Å². The molecule has 8 N–H and O–H groups in total. The highest BCUT2D eigenvalue weighted by Crippen LogP contribution is 2.69. The predicted molar refractivity (Wildman–Crippen MR) is 158 cm³/mol. The van der Waals surface area contributed by atoms with E-state index in [4.69, 9.17) is 10.5 Å². The Morgan fingerprint density at radius 2 is 1.51 bits per heavy atom. The van der Waals surface area contributed by atoms with E-state index in [1.807, 2.05) is 0 Å². The van der Waals surface area contributed by atoms with Gasteiger partial charge in [-0.2, -0.15) is 0 Å². The van der Waals surface area contributed by atoms with Gasteiger partial charge in [-0.3, -0.25) is 23.5 Å². The van der Waals surface area contributed by atoms with Gasteiger partial charge in [0.25, 0.3) is 5.91 Å². The highest BCUT2D eigenvalue weighted by Gasteiger charge is 2.44. The number of benzene rings is 2. The first kappa shape index (κ1) is 34.4. The molecular weight excluding hydrogens is 600 g/mol. The van der Waals surface area contributed by atoms with E-state index in [2.05, 4.69) is 10.6 Å². The van der Waals surface area contributed by atoms with Gasteiger partial charge in [0.15, 0.2) is 5.40 Å². The van der Waals surface area contributed by atoms with E-state index in [0.717, 1.165) is 37.8 Å². The van der Waals surface area contributed by atoms with Crippen molar-refractivity contribution in [1.82, 2.24) is 10.6 Å². The van der Waals surface area contributed by atoms with Crippen LogP contribution in [-0.2, 0) is 25.1 Å². The molecule has 1 aliphatic carbocycles. The lowest BCUT2D eigenvalue weighted by molar-refractivity contribution is -0.128. The number of carbonyl (C=O) groups is 3. The van der Waals surface area contributed by atoms with Crippen molar-refractivity contribution in [3.8, 4) is 5.75 Å². The first-order valence-electron chi connectivity index (χ1n) is 13.9. The van der Waals surface area contributed by atoms with Crippen LogP contribution in [0.4, 0.5) is 0 Å². The van der Waals surface area contributed by atoms with Gasteiger partial charge in [-0.05, 0) is 54.5 Å². The minimum Gasteiger partial charge on any atom is -0.492 e. The molecule has 1 aliphatic rings. The number of primary amides is 1. The van der Waals surface area contributed by atoms with E-state index in [9.17, 15) is 43.1 Å². The van der Waals surface area contributed by atoms with Crippen molar-refractivity contribution in [2.24, 2.45) is 11.7 Å². The third-order valence-electron chi connectivity index (χ3n) is 7.38. The molecule has 2 atom stereocenters. The van der Waals surface area contributed by atoms with Gasteiger partial charge >= 0.3 is 15.2 Å². The van der Waals surface area contributed by atoms with E-state index in [-0.39, 0.29) is 17.5 Å². The number of ether oxygens (including phenoxy) is 1. The second-order valence-corrected chi connectivity index (χ2v) is 14.7. The Kier molecular flexibility index (Phi) is 11.7. The van der Waals surface area contributed by atoms with Crippen molar-refractivity contribution >= 4 is 32.9 Å². The minimum absolute atomic E-state index is 0.0324. The summed E-state index contributed by atoms with van der Waals surface area (Å²) in [4.78, 5) is 75.1. The van der Waals surface area contributed by atoms with Crippen LogP contribution in [0, 0.1) is 5.92 Å². The lowest BCUT2D eigenvalue weighted by Crippen LogP contribution is -2.48. The standard InChI is InChI=1S/C28H39N3O10P2/c1-17(22-12-13-25(23(15-22)26(29)33)41-16-20-6-4-3-5-7-20)30-27(34)24(31-18(2)32)14-19-8-10-21(11-9-19)28(42(35,36)37)43(38,39)40/h8-13,15,17,20,24,28H,3-7,14,16H2,1-2H3,(H2,29,33)(H,30,34)(H,31,32)(H2,35,36,37)(H2,38,39,40)/t17-,24-/m0/s1. The second kappa shape index (κ2) is 14.6. The Labute approximate surface area is 249 Å². The summed E-state index contributed by atoms with van der Waals surface area (Å²) in [6, 6.07) is 8.33. The molecule has 3 amide bonds. The molecular formula is C28H39N3O10P2. The first-order valence-corrected chi connectivity index (χ1v) is 17.3. The molecule has 2 aromatic carbocycles. The van der Waals surface area contributed by atoms with E-state index in [0.29, 0.717) is 29.4 Å². The van der Waals surface area contributed by atoms with Crippen molar-refractivity contribution in [3.05, 3.63) is 64.7 Å². The third-order valence-corrected chi connectivity index (χ3v) is 11.1. The Balaban J connectivity index is 1.73. The molecule has 43 heavy (non-hydrogen) atoms. The molecule has 236 valence electrons.